The fraction of sp³-hybridized carbons (Fsp3) is 0.500. The fourth-order valence-electron chi connectivity index (χ4n) is 2.42. The van der Waals surface area contributed by atoms with Crippen molar-refractivity contribution in [2.45, 2.75) is 12.8 Å². The van der Waals surface area contributed by atoms with Crippen molar-refractivity contribution in [1.82, 2.24) is 4.90 Å². The van der Waals surface area contributed by atoms with E-state index in [1.807, 2.05) is 0 Å². The number of anilines is 1. The Morgan fingerprint density at radius 2 is 2.10 bits per heavy atom. The molecule has 0 bridgehead atoms. The summed E-state index contributed by atoms with van der Waals surface area (Å²) in [5, 5.41) is 3.55. The van der Waals surface area contributed by atoms with Crippen LogP contribution in [-0.2, 0) is 4.79 Å². The van der Waals surface area contributed by atoms with Crippen molar-refractivity contribution in [3.63, 3.8) is 0 Å². The average molecular weight is 318 g/mol. The molecule has 1 heterocycles. The molecule has 6 heteroatoms. The Hall–Kier alpha value is -0.810. The number of nitrogens with zero attached hydrogens (tertiary/aromatic N) is 1. The molecule has 1 aliphatic heterocycles. The summed E-state index contributed by atoms with van der Waals surface area (Å²) < 4.78 is 0. The van der Waals surface area contributed by atoms with E-state index in [0.29, 0.717) is 24.0 Å². The quantitative estimate of drug-likeness (QED) is 0.896. The average Bonchev–Trinajstić information content (AvgIpc) is 2.41. The fourth-order valence-corrected chi connectivity index (χ4v) is 2.55. The van der Waals surface area contributed by atoms with Crippen molar-refractivity contribution in [2.75, 3.05) is 31.5 Å². The lowest BCUT2D eigenvalue weighted by molar-refractivity contribution is -0.117. The lowest BCUT2D eigenvalue weighted by Gasteiger charge is -2.31. The van der Waals surface area contributed by atoms with E-state index in [2.05, 4.69) is 10.2 Å². The summed E-state index contributed by atoms with van der Waals surface area (Å²) in [5.41, 5.74) is 6.47. The zero-order valence-electron chi connectivity index (χ0n) is 11.3. The van der Waals surface area contributed by atoms with Crippen LogP contribution >= 0.6 is 24.0 Å². The lowest BCUT2D eigenvalue weighted by atomic mass is 9.98. The van der Waals surface area contributed by atoms with Crippen molar-refractivity contribution in [1.29, 1.82) is 0 Å². The Balaban J connectivity index is 0.00000200. The van der Waals surface area contributed by atoms with Crippen LogP contribution in [0.3, 0.4) is 0 Å². The molecule has 0 aromatic heterocycles. The molecular formula is C14H21Cl2N3O. The summed E-state index contributed by atoms with van der Waals surface area (Å²) in [5.74, 6) is 0.539. The van der Waals surface area contributed by atoms with E-state index in [0.717, 1.165) is 25.2 Å². The second-order valence-corrected chi connectivity index (χ2v) is 5.47. The first-order valence-electron chi connectivity index (χ1n) is 6.65. The van der Waals surface area contributed by atoms with Gasteiger partial charge in [0.25, 0.3) is 0 Å². The number of likely N-dealkylation sites (tertiary alicyclic amines) is 1. The number of rotatable bonds is 4. The lowest BCUT2D eigenvalue weighted by Crippen LogP contribution is -2.42. The number of piperidine rings is 1. The van der Waals surface area contributed by atoms with E-state index in [-0.39, 0.29) is 18.3 Å². The zero-order valence-corrected chi connectivity index (χ0v) is 12.9. The van der Waals surface area contributed by atoms with Gasteiger partial charge in [-0.3, -0.25) is 9.69 Å². The Morgan fingerprint density at radius 1 is 1.40 bits per heavy atom. The van der Waals surface area contributed by atoms with Gasteiger partial charge in [-0.2, -0.15) is 0 Å². The minimum Gasteiger partial charge on any atom is -0.330 e. The number of nitrogens with two attached hydrogens (primary N) is 1. The third-order valence-electron chi connectivity index (χ3n) is 3.43. The molecule has 1 atom stereocenters. The number of hydrogen-bond acceptors (Lipinski definition) is 3. The van der Waals surface area contributed by atoms with Crippen LogP contribution in [0, 0.1) is 5.92 Å². The third-order valence-corrected chi connectivity index (χ3v) is 3.68. The van der Waals surface area contributed by atoms with Crippen molar-refractivity contribution < 1.29 is 4.79 Å². The first kappa shape index (κ1) is 17.2. The number of benzene rings is 1. The molecule has 3 N–H and O–H groups in total. The van der Waals surface area contributed by atoms with Crippen LogP contribution in [0.25, 0.3) is 0 Å². The molecule has 1 aliphatic rings. The highest BCUT2D eigenvalue weighted by atomic mass is 35.5. The minimum absolute atomic E-state index is 0. The maximum absolute atomic E-state index is 11.9. The summed E-state index contributed by atoms with van der Waals surface area (Å²) in [7, 11) is 0. The van der Waals surface area contributed by atoms with Crippen molar-refractivity contribution in [3.05, 3.63) is 29.3 Å². The number of hydrogen-bond donors (Lipinski definition) is 2. The largest absolute Gasteiger partial charge is 0.330 e. The maximum atomic E-state index is 11.9. The second-order valence-electron chi connectivity index (χ2n) is 5.03. The van der Waals surface area contributed by atoms with E-state index in [1.165, 1.54) is 6.42 Å². The maximum Gasteiger partial charge on any atom is 0.238 e. The number of nitrogens with one attached hydrogen (secondary N) is 1. The summed E-state index contributed by atoms with van der Waals surface area (Å²) >= 11 is 5.80. The molecule has 2 rings (SSSR count). The van der Waals surface area contributed by atoms with Gasteiger partial charge < -0.3 is 11.1 Å². The van der Waals surface area contributed by atoms with E-state index >= 15 is 0 Å². The topological polar surface area (TPSA) is 58.4 Å². The minimum atomic E-state index is 0. The molecular weight excluding hydrogens is 297 g/mol. The van der Waals surface area contributed by atoms with Crippen molar-refractivity contribution in [2.24, 2.45) is 11.7 Å². The molecule has 112 valence electrons. The Morgan fingerprint density at radius 3 is 2.75 bits per heavy atom. The predicted octanol–water partition coefficient (Wildman–Crippen LogP) is 2.37. The monoisotopic (exact) mass is 317 g/mol. The normalized spacial score (nSPS) is 19.2. The van der Waals surface area contributed by atoms with Gasteiger partial charge in [-0.25, -0.2) is 0 Å². The third kappa shape index (κ3) is 5.29. The molecule has 1 fully saturated rings. The van der Waals surface area contributed by atoms with E-state index in [1.54, 1.807) is 24.3 Å². The molecule has 0 radical (unpaired) electrons. The van der Waals surface area contributed by atoms with Crippen molar-refractivity contribution >= 4 is 35.6 Å². The summed E-state index contributed by atoms with van der Waals surface area (Å²) in [6.45, 7) is 3.03. The highest BCUT2D eigenvalue weighted by Gasteiger charge is 2.20. The molecule has 1 saturated heterocycles. The van der Waals surface area contributed by atoms with Gasteiger partial charge >= 0.3 is 0 Å². The van der Waals surface area contributed by atoms with Gasteiger partial charge in [0.1, 0.15) is 0 Å². The van der Waals surface area contributed by atoms with Gasteiger partial charge in [0.2, 0.25) is 5.91 Å². The second kappa shape index (κ2) is 8.47. The van der Waals surface area contributed by atoms with Gasteiger partial charge in [0.05, 0.1) is 6.54 Å². The number of carbonyl (C=O) groups excluding carboxylic acids is 1. The summed E-state index contributed by atoms with van der Waals surface area (Å²) in [4.78, 5) is 14.1. The Kier molecular flexibility index (Phi) is 7.30. The van der Waals surface area contributed by atoms with Crippen LogP contribution in [0.2, 0.25) is 5.02 Å². The molecule has 1 amide bonds. The Bertz CT molecular complexity index is 425. The van der Waals surface area contributed by atoms with Gasteiger partial charge in [0.15, 0.2) is 0 Å². The van der Waals surface area contributed by atoms with Crippen LogP contribution in [0.4, 0.5) is 5.69 Å². The zero-order chi connectivity index (χ0) is 13.7. The van der Waals surface area contributed by atoms with Gasteiger partial charge in [-0.05, 0) is 56.1 Å². The Labute approximate surface area is 131 Å². The van der Waals surface area contributed by atoms with Crippen LogP contribution in [-0.4, -0.2) is 37.0 Å². The first-order valence-corrected chi connectivity index (χ1v) is 7.03. The molecule has 0 aliphatic carbocycles. The van der Waals surface area contributed by atoms with Gasteiger partial charge in [0, 0.05) is 17.3 Å². The molecule has 0 saturated carbocycles. The van der Waals surface area contributed by atoms with E-state index in [9.17, 15) is 4.79 Å². The SMILES string of the molecule is Cl.NCC1CCCN(CC(=O)Nc2ccc(Cl)cc2)C1. The number of carbonyl (C=O) groups is 1. The van der Waals surface area contributed by atoms with Gasteiger partial charge in [-0.1, -0.05) is 11.6 Å². The molecule has 1 aromatic rings. The number of halogens is 2. The molecule has 0 spiro atoms. The highest BCUT2D eigenvalue weighted by molar-refractivity contribution is 6.30. The van der Waals surface area contributed by atoms with Crippen LogP contribution < -0.4 is 11.1 Å². The standard InChI is InChI=1S/C14H20ClN3O.ClH/c15-12-3-5-13(6-4-12)17-14(19)10-18-7-1-2-11(8-16)9-18;/h3-6,11H,1-2,7-10,16H2,(H,17,19);1H. The smallest absolute Gasteiger partial charge is 0.238 e. The van der Waals surface area contributed by atoms with Crippen LogP contribution in [0.1, 0.15) is 12.8 Å². The van der Waals surface area contributed by atoms with Gasteiger partial charge in [-0.15, -0.1) is 12.4 Å². The van der Waals surface area contributed by atoms with E-state index < -0.39 is 0 Å². The predicted molar refractivity (Wildman–Crippen MR) is 85.5 cm³/mol. The molecule has 4 nitrogen and oxygen atoms in total. The molecule has 20 heavy (non-hydrogen) atoms. The van der Waals surface area contributed by atoms with Crippen LogP contribution in [0.5, 0.6) is 0 Å². The van der Waals surface area contributed by atoms with Crippen molar-refractivity contribution in [3.8, 4) is 0 Å². The summed E-state index contributed by atoms with van der Waals surface area (Å²) in [6, 6.07) is 7.14. The first-order chi connectivity index (χ1) is 9.17. The highest BCUT2D eigenvalue weighted by Crippen LogP contribution is 2.16. The molecule has 1 unspecified atom stereocenters. The van der Waals surface area contributed by atoms with Crippen LogP contribution in [0.15, 0.2) is 24.3 Å². The molecule has 1 aromatic carbocycles. The number of amides is 1. The summed E-state index contributed by atoms with van der Waals surface area (Å²) in [6.07, 6.45) is 2.29. The van der Waals surface area contributed by atoms with E-state index in [4.69, 9.17) is 17.3 Å².